The van der Waals surface area contributed by atoms with Crippen LogP contribution < -0.4 is 14.2 Å². The summed E-state index contributed by atoms with van der Waals surface area (Å²) in [5.74, 6) is 2.67. The van der Waals surface area contributed by atoms with Gasteiger partial charge in [0.1, 0.15) is 23.9 Å². The fraction of sp³-hybridized carbons (Fsp3) is 0.242. The first-order valence-corrected chi connectivity index (χ1v) is 12.6. The highest BCUT2D eigenvalue weighted by Gasteiger charge is 2.28. The second-order valence-electron chi connectivity index (χ2n) is 9.17. The number of hydrogen-bond acceptors (Lipinski definition) is 5. The monoisotopic (exact) mass is 510 g/mol. The number of rotatable bonds is 7. The van der Waals surface area contributed by atoms with E-state index in [0.29, 0.717) is 6.61 Å². The van der Waals surface area contributed by atoms with Gasteiger partial charge in [0.2, 0.25) is 0 Å². The number of carbonyl (C=O) groups is 1. The maximum atomic E-state index is 11.0. The summed E-state index contributed by atoms with van der Waals surface area (Å²) in [6.45, 7) is 4.03. The van der Waals surface area contributed by atoms with Crippen LogP contribution in [0.25, 0.3) is 11.1 Å². The van der Waals surface area contributed by atoms with E-state index in [0.717, 1.165) is 22.8 Å². The van der Waals surface area contributed by atoms with E-state index in [1.165, 1.54) is 34.7 Å². The Bertz CT molecular complexity index is 1310. The minimum absolute atomic E-state index is 0.168. The standard InChI is InChI=1S/C17H20O3.C16H14O2/c1-12(13-5-7-15(18-2)8-6-13)14-9-16(19-3)11-17(10-14)20-4;1-11(17)18-10-16-14-8-4-2-6-12(14)13-7-3-5-9-15(13)16/h5-12H,1-4H3;2-9,16H,10H2,1H3. The highest BCUT2D eigenvalue weighted by atomic mass is 16.5. The van der Waals surface area contributed by atoms with Crippen molar-refractivity contribution in [2.24, 2.45) is 0 Å². The zero-order valence-corrected chi connectivity index (χ0v) is 22.6. The Balaban J connectivity index is 0.000000178. The Morgan fingerprint density at radius 3 is 1.66 bits per heavy atom. The molecule has 0 radical (unpaired) electrons. The Labute approximate surface area is 225 Å². The largest absolute Gasteiger partial charge is 0.497 e. The van der Waals surface area contributed by atoms with E-state index < -0.39 is 0 Å². The lowest BCUT2D eigenvalue weighted by atomic mass is 9.93. The predicted octanol–water partition coefficient (Wildman–Crippen LogP) is 7.23. The molecule has 0 spiro atoms. The molecule has 0 bridgehead atoms. The molecule has 0 N–H and O–H groups in total. The highest BCUT2D eigenvalue weighted by Crippen LogP contribution is 2.44. The minimum atomic E-state index is -0.225. The van der Waals surface area contributed by atoms with Crippen molar-refractivity contribution in [2.75, 3.05) is 27.9 Å². The molecular formula is C33H34O5. The number of methoxy groups -OCH3 is 3. The Hall–Kier alpha value is -4.25. The van der Waals surface area contributed by atoms with Gasteiger partial charge >= 0.3 is 5.97 Å². The van der Waals surface area contributed by atoms with Gasteiger partial charge in [0.25, 0.3) is 0 Å². The molecule has 0 saturated carbocycles. The van der Waals surface area contributed by atoms with E-state index in [9.17, 15) is 4.79 Å². The number of carbonyl (C=O) groups excluding carboxylic acids is 1. The van der Waals surface area contributed by atoms with Crippen molar-refractivity contribution in [1.29, 1.82) is 0 Å². The van der Waals surface area contributed by atoms with Crippen molar-refractivity contribution in [2.45, 2.75) is 25.7 Å². The summed E-state index contributed by atoms with van der Waals surface area (Å²) in [4.78, 5) is 11.0. The van der Waals surface area contributed by atoms with Gasteiger partial charge in [0.05, 0.1) is 21.3 Å². The van der Waals surface area contributed by atoms with Gasteiger partial charge < -0.3 is 18.9 Å². The van der Waals surface area contributed by atoms with E-state index in [-0.39, 0.29) is 17.8 Å². The smallest absolute Gasteiger partial charge is 0.302 e. The van der Waals surface area contributed by atoms with Crippen molar-refractivity contribution < 1.29 is 23.7 Å². The number of hydrogen-bond donors (Lipinski definition) is 0. The minimum Gasteiger partial charge on any atom is -0.497 e. The molecule has 5 rings (SSSR count). The summed E-state index contributed by atoms with van der Waals surface area (Å²) in [7, 11) is 5.00. The summed E-state index contributed by atoms with van der Waals surface area (Å²) in [6, 6.07) is 30.7. The number of benzene rings is 4. The van der Waals surface area contributed by atoms with E-state index in [4.69, 9.17) is 18.9 Å². The molecule has 1 unspecified atom stereocenters. The van der Waals surface area contributed by atoms with E-state index in [1.807, 2.05) is 54.6 Å². The molecule has 0 heterocycles. The number of ether oxygens (including phenoxy) is 4. The van der Waals surface area contributed by atoms with Crippen LogP contribution in [0.4, 0.5) is 0 Å². The third kappa shape index (κ3) is 6.00. The van der Waals surface area contributed by atoms with Crippen molar-refractivity contribution >= 4 is 5.97 Å². The highest BCUT2D eigenvalue weighted by molar-refractivity contribution is 5.79. The van der Waals surface area contributed by atoms with Gasteiger partial charge in [0, 0.05) is 24.8 Å². The van der Waals surface area contributed by atoms with Gasteiger partial charge in [-0.25, -0.2) is 0 Å². The summed E-state index contributed by atoms with van der Waals surface area (Å²) >= 11 is 0. The summed E-state index contributed by atoms with van der Waals surface area (Å²) in [5, 5.41) is 0. The van der Waals surface area contributed by atoms with E-state index in [2.05, 4.69) is 43.3 Å². The van der Waals surface area contributed by atoms with Gasteiger partial charge in [-0.2, -0.15) is 0 Å². The van der Waals surface area contributed by atoms with Crippen LogP contribution >= 0.6 is 0 Å². The van der Waals surface area contributed by atoms with Gasteiger partial charge in [0.15, 0.2) is 0 Å². The van der Waals surface area contributed by atoms with E-state index in [1.54, 1.807) is 21.3 Å². The molecule has 0 amide bonds. The molecule has 4 aromatic carbocycles. The molecule has 38 heavy (non-hydrogen) atoms. The molecule has 0 aromatic heterocycles. The van der Waals surface area contributed by atoms with Crippen LogP contribution in [-0.2, 0) is 9.53 Å². The van der Waals surface area contributed by atoms with Crippen molar-refractivity contribution in [3.05, 3.63) is 113 Å². The summed E-state index contributed by atoms with van der Waals surface area (Å²) in [6.07, 6.45) is 0. The van der Waals surface area contributed by atoms with Crippen molar-refractivity contribution in [3.63, 3.8) is 0 Å². The molecular weight excluding hydrogens is 476 g/mol. The third-order valence-electron chi connectivity index (χ3n) is 6.91. The van der Waals surface area contributed by atoms with Crippen LogP contribution in [0.15, 0.2) is 91.0 Å². The van der Waals surface area contributed by atoms with Crippen LogP contribution in [0.2, 0.25) is 0 Å². The predicted molar refractivity (Wildman–Crippen MR) is 150 cm³/mol. The van der Waals surface area contributed by atoms with Crippen molar-refractivity contribution in [1.82, 2.24) is 0 Å². The zero-order chi connectivity index (χ0) is 27.1. The number of fused-ring (bicyclic) bond motifs is 3. The SMILES string of the molecule is CC(=O)OCC1c2ccccc2-c2ccccc21.COc1ccc(C(C)c2cc(OC)cc(OC)c2)cc1. The maximum Gasteiger partial charge on any atom is 0.302 e. The topological polar surface area (TPSA) is 54.0 Å². The molecule has 4 aromatic rings. The van der Waals surface area contributed by atoms with Gasteiger partial charge in [-0.1, -0.05) is 67.6 Å². The van der Waals surface area contributed by atoms with Crippen LogP contribution in [0, 0.1) is 0 Å². The lowest BCUT2D eigenvalue weighted by Crippen LogP contribution is -2.09. The lowest BCUT2D eigenvalue weighted by molar-refractivity contribution is -0.141. The van der Waals surface area contributed by atoms with Gasteiger partial charge in [-0.15, -0.1) is 0 Å². The van der Waals surface area contributed by atoms with Gasteiger partial charge in [-0.3, -0.25) is 4.79 Å². The first-order chi connectivity index (χ1) is 18.4. The average molecular weight is 511 g/mol. The van der Waals surface area contributed by atoms with E-state index >= 15 is 0 Å². The Kier molecular flexibility index (Phi) is 8.70. The Morgan fingerprint density at radius 1 is 0.684 bits per heavy atom. The van der Waals surface area contributed by atoms with Crippen LogP contribution in [0.5, 0.6) is 17.2 Å². The molecule has 0 aliphatic heterocycles. The summed E-state index contributed by atoms with van der Waals surface area (Å²) < 4.78 is 21.0. The second kappa shape index (κ2) is 12.3. The molecule has 1 atom stereocenters. The quantitative estimate of drug-likeness (QED) is 0.246. The molecule has 0 saturated heterocycles. The molecule has 196 valence electrons. The van der Waals surface area contributed by atoms with Crippen molar-refractivity contribution in [3.8, 4) is 28.4 Å². The second-order valence-corrected chi connectivity index (χ2v) is 9.17. The first kappa shape index (κ1) is 26.8. The molecule has 0 fully saturated rings. The first-order valence-electron chi connectivity index (χ1n) is 12.6. The molecule has 5 heteroatoms. The average Bonchev–Trinajstić information content (AvgIpc) is 3.29. The van der Waals surface area contributed by atoms with Crippen LogP contribution in [0.3, 0.4) is 0 Å². The fourth-order valence-electron chi connectivity index (χ4n) is 4.80. The zero-order valence-electron chi connectivity index (χ0n) is 22.6. The Morgan fingerprint density at radius 2 is 1.18 bits per heavy atom. The third-order valence-corrected chi connectivity index (χ3v) is 6.91. The normalized spacial score (nSPS) is 12.3. The summed E-state index contributed by atoms with van der Waals surface area (Å²) in [5.41, 5.74) is 7.39. The molecule has 5 nitrogen and oxygen atoms in total. The maximum absolute atomic E-state index is 11.0. The fourth-order valence-corrected chi connectivity index (χ4v) is 4.80. The van der Waals surface area contributed by atoms with Gasteiger partial charge in [-0.05, 0) is 57.6 Å². The number of esters is 1. The van der Waals surface area contributed by atoms with Crippen LogP contribution in [0.1, 0.15) is 47.9 Å². The molecule has 1 aliphatic carbocycles. The molecule has 1 aliphatic rings. The lowest BCUT2D eigenvalue weighted by Gasteiger charge is -2.15. The van der Waals surface area contributed by atoms with Crippen LogP contribution in [-0.4, -0.2) is 33.9 Å².